The van der Waals surface area contributed by atoms with Crippen LogP contribution < -0.4 is 4.90 Å². The third-order valence-electron chi connectivity index (χ3n) is 2.95. The highest BCUT2D eigenvalue weighted by molar-refractivity contribution is 7.71. The molecule has 0 aliphatic heterocycles. The van der Waals surface area contributed by atoms with Gasteiger partial charge in [0.25, 0.3) is 0 Å². The molecule has 4 nitrogen and oxygen atoms in total. The molecule has 1 aromatic rings. The fourth-order valence-corrected chi connectivity index (χ4v) is 1.75. The van der Waals surface area contributed by atoms with Crippen molar-refractivity contribution in [2.45, 2.75) is 40.3 Å². The van der Waals surface area contributed by atoms with Gasteiger partial charge in [-0.2, -0.15) is 0 Å². The van der Waals surface area contributed by atoms with Crippen molar-refractivity contribution in [1.29, 1.82) is 0 Å². The Morgan fingerprint density at radius 3 is 2.53 bits per heavy atom. The number of aromatic nitrogens is 3. The third-order valence-corrected chi connectivity index (χ3v) is 3.26. The lowest BCUT2D eigenvalue weighted by atomic mass is 10.1. The lowest BCUT2D eigenvalue weighted by Crippen LogP contribution is -2.35. The summed E-state index contributed by atoms with van der Waals surface area (Å²) in [6.07, 6.45) is 0. The Bertz CT molecular complexity index is 366. The molecule has 0 aliphatic rings. The van der Waals surface area contributed by atoms with Crippen molar-refractivity contribution < 1.29 is 0 Å². The van der Waals surface area contributed by atoms with Crippen molar-refractivity contribution in [3.63, 3.8) is 0 Å². The van der Waals surface area contributed by atoms with Gasteiger partial charge in [0.1, 0.15) is 0 Å². The second-order valence-electron chi connectivity index (χ2n) is 4.17. The largest absolute Gasteiger partial charge is 0.341 e. The van der Waals surface area contributed by atoms with E-state index in [2.05, 4.69) is 49.8 Å². The molecule has 86 valence electrons. The maximum Gasteiger partial charge on any atom is 0.225 e. The Morgan fingerprint density at radius 2 is 2.07 bits per heavy atom. The Balaban J connectivity index is 3.00. The predicted molar refractivity (Wildman–Crippen MR) is 65.8 cm³/mol. The molecule has 1 rings (SSSR count). The highest BCUT2D eigenvalue weighted by Gasteiger charge is 2.18. The van der Waals surface area contributed by atoms with Crippen LogP contribution in [0.25, 0.3) is 0 Å². The molecular formula is C10H20N4S. The van der Waals surface area contributed by atoms with Gasteiger partial charge in [-0.05, 0) is 32.0 Å². The number of hydrogen-bond donors (Lipinski definition) is 1. The highest BCUT2D eigenvalue weighted by atomic mass is 32.1. The third kappa shape index (κ3) is 2.40. The minimum absolute atomic E-state index is 0.445. The lowest BCUT2D eigenvalue weighted by Gasteiger charge is -2.28. The summed E-state index contributed by atoms with van der Waals surface area (Å²) in [6, 6.07) is 0.445. The molecule has 0 spiro atoms. The maximum atomic E-state index is 5.16. The molecule has 0 aliphatic carbocycles. The molecule has 0 aromatic carbocycles. The average Bonchev–Trinajstić information content (AvgIpc) is 2.57. The summed E-state index contributed by atoms with van der Waals surface area (Å²) < 4.78 is 2.70. The van der Waals surface area contributed by atoms with Crippen LogP contribution in [0.1, 0.15) is 27.7 Å². The van der Waals surface area contributed by atoms with E-state index in [1.807, 2.05) is 4.57 Å². The van der Waals surface area contributed by atoms with Gasteiger partial charge in [0.05, 0.1) is 0 Å². The molecule has 0 amide bonds. The summed E-state index contributed by atoms with van der Waals surface area (Å²) in [5.41, 5.74) is 0. The van der Waals surface area contributed by atoms with Crippen molar-refractivity contribution in [2.24, 2.45) is 5.92 Å². The molecule has 0 radical (unpaired) electrons. The monoisotopic (exact) mass is 228 g/mol. The van der Waals surface area contributed by atoms with E-state index in [0.29, 0.717) is 16.7 Å². The number of aromatic amines is 1. The van der Waals surface area contributed by atoms with Crippen LogP contribution in [0.3, 0.4) is 0 Å². The van der Waals surface area contributed by atoms with Gasteiger partial charge >= 0.3 is 0 Å². The number of H-pyrrole nitrogens is 1. The number of nitrogens with one attached hydrogen (secondary N) is 1. The zero-order valence-electron chi connectivity index (χ0n) is 10.1. The van der Waals surface area contributed by atoms with E-state index < -0.39 is 0 Å². The number of hydrogen-bond acceptors (Lipinski definition) is 3. The van der Waals surface area contributed by atoms with Crippen LogP contribution in [-0.4, -0.2) is 27.9 Å². The van der Waals surface area contributed by atoms with E-state index in [-0.39, 0.29) is 0 Å². The highest BCUT2D eigenvalue weighted by Crippen LogP contribution is 2.16. The fraction of sp³-hybridized carbons (Fsp3) is 0.800. The van der Waals surface area contributed by atoms with Crippen LogP contribution in [0.5, 0.6) is 0 Å². The van der Waals surface area contributed by atoms with E-state index >= 15 is 0 Å². The zero-order chi connectivity index (χ0) is 11.6. The smallest absolute Gasteiger partial charge is 0.225 e. The molecule has 1 heterocycles. The zero-order valence-corrected chi connectivity index (χ0v) is 10.9. The van der Waals surface area contributed by atoms with Crippen molar-refractivity contribution in [3.05, 3.63) is 4.77 Å². The molecule has 0 fully saturated rings. The first-order valence-corrected chi connectivity index (χ1v) is 5.77. The van der Waals surface area contributed by atoms with Gasteiger partial charge in [-0.3, -0.25) is 4.57 Å². The van der Waals surface area contributed by atoms with Crippen molar-refractivity contribution >= 4 is 18.2 Å². The average molecular weight is 228 g/mol. The fourth-order valence-electron chi connectivity index (χ4n) is 1.49. The van der Waals surface area contributed by atoms with Crippen LogP contribution in [0, 0.1) is 10.7 Å². The summed E-state index contributed by atoms with van der Waals surface area (Å²) in [6.45, 7) is 9.53. The van der Waals surface area contributed by atoms with E-state index in [4.69, 9.17) is 12.2 Å². The molecule has 0 saturated heterocycles. The normalized spacial score (nSPS) is 13.2. The van der Waals surface area contributed by atoms with Gasteiger partial charge < -0.3 is 4.90 Å². The van der Waals surface area contributed by atoms with E-state index in [9.17, 15) is 0 Å². The molecule has 1 aromatic heterocycles. The first kappa shape index (κ1) is 12.2. The predicted octanol–water partition coefficient (Wildman–Crippen LogP) is 2.44. The Hall–Kier alpha value is -0.840. The SMILES string of the molecule is CCn1c(N(C)C(C)C(C)C)n[nH]c1=S. The number of rotatable bonds is 4. The molecule has 15 heavy (non-hydrogen) atoms. The molecule has 1 atom stereocenters. The van der Waals surface area contributed by atoms with Gasteiger partial charge in [-0.1, -0.05) is 13.8 Å². The van der Waals surface area contributed by atoms with Gasteiger partial charge in [-0.15, -0.1) is 5.10 Å². The van der Waals surface area contributed by atoms with Crippen LogP contribution in [0.2, 0.25) is 0 Å². The van der Waals surface area contributed by atoms with Gasteiger partial charge in [-0.25, -0.2) is 5.10 Å². The Morgan fingerprint density at radius 1 is 1.47 bits per heavy atom. The van der Waals surface area contributed by atoms with Crippen molar-refractivity contribution in [2.75, 3.05) is 11.9 Å². The molecule has 0 bridgehead atoms. The van der Waals surface area contributed by atoms with E-state index in [1.165, 1.54) is 0 Å². The molecule has 5 heteroatoms. The van der Waals surface area contributed by atoms with E-state index in [0.717, 1.165) is 12.5 Å². The second kappa shape index (κ2) is 4.79. The summed E-state index contributed by atoms with van der Waals surface area (Å²) >= 11 is 5.16. The van der Waals surface area contributed by atoms with Crippen molar-refractivity contribution in [3.8, 4) is 0 Å². The standard InChI is InChI=1S/C10H20N4S/c1-6-14-9(11-12-10(14)15)13(5)8(4)7(2)3/h7-8H,6H2,1-5H3,(H,12,15). The summed E-state index contributed by atoms with van der Waals surface area (Å²) in [5.74, 6) is 1.51. The van der Waals surface area contributed by atoms with E-state index in [1.54, 1.807) is 0 Å². The number of anilines is 1. The Kier molecular flexibility index (Phi) is 3.90. The topological polar surface area (TPSA) is 36.9 Å². The van der Waals surface area contributed by atoms with Gasteiger partial charge in [0, 0.05) is 19.6 Å². The second-order valence-corrected chi connectivity index (χ2v) is 4.56. The van der Waals surface area contributed by atoms with Crippen LogP contribution in [-0.2, 0) is 6.54 Å². The molecule has 0 saturated carbocycles. The van der Waals surface area contributed by atoms with Gasteiger partial charge in [0.15, 0.2) is 4.77 Å². The molecule has 1 N–H and O–H groups in total. The van der Waals surface area contributed by atoms with Crippen LogP contribution in [0.15, 0.2) is 0 Å². The van der Waals surface area contributed by atoms with Crippen molar-refractivity contribution in [1.82, 2.24) is 14.8 Å². The summed E-state index contributed by atoms with van der Waals surface area (Å²) in [4.78, 5) is 2.17. The molecular weight excluding hydrogens is 208 g/mol. The minimum Gasteiger partial charge on any atom is -0.341 e. The number of nitrogens with zero attached hydrogens (tertiary/aromatic N) is 3. The van der Waals surface area contributed by atoms with Crippen LogP contribution >= 0.6 is 12.2 Å². The summed E-state index contributed by atoms with van der Waals surface area (Å²) in [7, 11) is 2.06. The first-order valence-electron chi connectivity index (χ1n) is 5.37. The van der Waals surface area contributed by atoms with Crippen LogP contribution in [0.4, 0.5) is 5.95 Å². The minimum atomic E-state index is 0.445. The molecule has 1 unspecified atom stereocenters. The maximum absolute atomic E-state index is 5.16. The summed E-state index contributed by atoms with van der Waals surface area (Å²) in [5, 5.41) is 7.10. The first-order chi connectivity index (χ1) is 6.99. The van der Waals surface area contributed by atoms with Gasteiger partial charge in [0.2, 0.25) is 5.95 Å². The Labute approximate surface area is 96.3 Å². The quantitative estimate of drug-likeness (QED) is 0.804. The lowest BCUT2D eigenvalue weighted by molar-refractivity contribution is 0.493.